The van der Waals surface area contributed by atoms with Gasteiger partial charge in [0.1, 0.15) is 6.79 Å². The van der Waals surface area contributed by atoms with Gasteiger partial charge < -0.3 is 14.8 Å². The first-order chi connectivity index (χ1) is 9.41. The highest BCUT2D eigenvalue weighted by Crippen LogP contribution is 2.26. The summed E-state index contributed by atoms with van der Waals surface area (Å²) in [5, 5.41) is 3.02. The molecule has 4 nitrogen and oxygen atoms in total. The molecule has 0 aliphatic carbocycles. The van der Waals surface area contributed by atoms with Crippen molar-refractivity contribution in [3.8, 4) is 12.3 Å². The van der Waals surface area contributed by atoms with Gasteiger partial charge in [-0.1, -0.05) is 19.9 Å². The molecule has 0 fully saturated rings. The van der Waals surface area contributed by atoms with Crippen LogP contribution in [0.2, 0.25) is 0 Å². The second-order valence-electron chi connectivity index (χ2n) is 5.54. The maximum absolute atomic E-state index is 12.5. The van der Waals surface area contributed by atoms with Gasteiger partial charge in [0, 0.05) is 13.5 Å². The summed E-state index contributed by atoms with van der Waals surface area (Å²) in [6.45, 7) is 10.3. The zero-order valence-corrected chi connectivity index (χ0v) is 13.1. The average Bonchev–Trinajstić information content (AvgIpc) is 2.37. The number of ether oxygens (including phenoxy) is 2. The number of rotatable bonds is 10. The molecular formula is C16H27NO3. The number of hydrogen-bond donors (Lipinski definition) is 1. The molecule has 0 saturated carbocycles. The lowest BCUT2D eigenvalue weighted by molar-refractivity contribution is -0.132. The van der Waals surface area contributed by atoms with Crippen LogP contribution >= 0.6 is 0 Å². The van der Waals surface area contributed by atoms with E-state index in [1.54, 1.807) is 13.2 Å². The van der Waals surface area contributed by atoms with Crippen LogP contribution in [-0.2, 0) is 14.3 Å². The molecule has 0 aromatic rings. The SMILES string of the molecule is C#CC[C@@](C)(CC=C)C(=O)N[C@H](COCOC)C(C)C. The van der Waals surface area contributed by atoms with Gasteiger partial charge in [-0.25, -0.2) is 0 Å². The van der Waals surface area contributed by atoms with E-state index in [9.17, 15) is 4.79 Å². The van der Waals surface area contributed by atoms with E-state index < -0.39 is 5.41 Å². The number of hydrogen-bond acceptors (Lipinski definition) is 3. The predicted octanol–water partition coefficient (Wildman–Crippen LogP) is 2.35. The van der Waals surface area contributed by atoms with Crippen molar-refractivity contribution in [3.63, 3.8) is 0 Å². The van der Waals surface area contributed by atoms with Crippen LogP contribution in [0, 0.1) is 23.7 Å². The van der Waals surface area contributed by atoms with E-state index in [0.717, 1.165) is 0 Å². The van der Waals surface area contributed by atoms with Gasteiger partial charge in [0.2, 0.25) is 5.91 Å². The van der Waals surface area contributed by atoms with Crippen LogP contribution in [0.5, 0.6) is 0 Å². The third kappa shape index (κ3) is 6.23. The van der Waals surface area contributed by atoms with E-state index in [1.807, 2.05) is 20.8 Å². The van der Waals surface area contributed by atoms with Crippen LogP contribution in [-0.4, -0.2) is 32.5 Å². The van der Waals surface area contributed by atoms with Crippen molar-refractivity contribution in [2.45, 2.75) is 39.7 Å². The number of nitrogens with one attached hydrogen (secondary N) is 1. The standard InChI is InChI=1S/C16H27NO3/c1-7-9-16(5,10-8-2)15(18)17-14(13(3)4)11-20-12-19-6/h1,8,13-14H,2,9-12H2,3-6H3,(H,17,18)/t14-,16+/m1/s1. The quantitative estimate of drug-likeness (QED) is 0.289. The summed E-state index contributed by atoms with van der Waals surface area (Å²) in [6.07, 6.45) is 8.02. The monoisotopic (exact) mass is 281 g/mol. The summed E-state index contributed by atoms with van der Waals surface area (Å²) in [5.41, 5.74) is -0.620. The Balaban J connectivity index is 4.70. The molecule has 0 aromatic carbocycles. The Morgan fingerprint density at radius 2 is 2.20 bits per heavy atom. The predicted molar refractivity (Wildman–Crippen MR) is 81.0 cm³/mol. The molecule has 0 unspecified atom stereocenters. The summed E-state index contributed by atoms with van der Waals surface area (Å²) in [4.78, 5) is 12.5. The van der Waals surface area contributed by atoms with Crippen molar-refractivity contribution in [2.75, 3.05) is 20.5 Å². The Morgan fingerprint density at radius 1 is 1.55 bits per heavy atom. The Kier molecular flexibility index (Phi) is 8.94. The summed E-state index contributed by atoms with van der Waals surface area (Å²) in [5.74, 6) is 2.77. The van der Waals surface area contributed by atoms with Crippen molar-refractivity contribution < 1.29 is 14.3 Å². The van der Waals surface area contributed by atoms with E-state index in [-0.39, 0.29) is 24.7 Å². The van der Waals surface area contributed by atoms with E-state index in [4.69, 9.17) is 15.9 Å². The minimum atomic E-state index is -0.620. The molecule has 0 spiro atoms. The van der Waals surface area contributed by atoms with Crippen molar-refractivity contribution in [1.82, 2.24) is 5.32 Å². The van der Waals surface area contributed by atoms with Gasteiger partial charge in [0.25, 0.3) is 0 Å². The molecular weight excluding hydrogens is 254 g/mol. The van der Waals surface area contributed by atoms with Crippen LogP contribution in [0.15, 0.2) is 12.7 Å². The minimum absolute atomic E-state index is 0.0601. The topological polar surface area (TPSA) is 47.6 Å². The number of terminal acetylenes is 1. The van der Waals surface area contributed by atoms with Gasteiger partial charge in [0.15, 0.2) is 0 Å². The van der Waals surface area contributed by atoms with Crippen LogP contribution in [0.3, 0.4) is 0 Å². The van der Waals surface area contributed by atoms with E-state index >= 15 is 0 Å². The molecule has 0 radical (unpaired) electrons. The van der Waals surface area contributed by atoms with Crippen molar-refractivity contribution in [1.29, 1.82) is 0 Å². The van der Waals surface area contributed by atoms with Gasteiger partial charge in [-0.15, -0.1) is 18.9 Å². The molecule has 114 valence electrons. The highest BCUT2D eigenvalue weighted by Gasteiger charge is 2.33. The summed E-state index contributed by atoms with van der Waals surface area (Å²) in [7, 11) is 1.57. The molecule has 0 aliphatic heterocycles. The first-order valence-electron chi connectivity index (χ1n) is 6.83. The van der Waals surface area contributed by atoms with Crippen LogP contribution < -0.4 is 5.32 Å². The first-order valence-corrected chi connectivity index (χ1v) is 6.83. The second kappa shape index (κ2) is 9.57. The fourth-order valence-electron chi connectivity index (χ4n) is 1.79. The van der Waals surface area contributed by atoms with Crippen molar-refractivity contribution >= 4 is 5.91 Å². The van der Waals surface area contributed by atoms with Gasteiger partial charge in [-0.2, -0.15) is 0 Å². The third-order valence-corrected chi connectivity index (χ3v) is 3.26. The number of allylic oxidation sites excluding steroid dienone is 1. The van der Waals surface area contributed by atoms with Crippen molar-refractivity contribution in [2.24, 2.45) is 11.3 Å². The fourth-order valence-corrected chi connectivity index (χ4v) is 1.79. The zero-order chi connectivity index (χ0) is 15.6. The lowest BCUT2D eigenvalue weighted by atomic mass is 9.82. The van der Waals surface area contributed by atoms with Crippen LogP contribution in [0.4, 0.5) is 0 Å². The minimum Gasteiger partial charge on any atom is -0.359 e. The molecule has 0 saturated heterocycles. The van der Waals surface area contributed by atoms with Gasteiger partial charge >= 0.3 is 0 Å². The second-order valence-corrected chi connectivity index (χ2v) is 5.54. The highest BCUT2D eigenvalue weighted by molar-refractivity contribution is 5.83. The maximum atomic E-state index is 12.5. The summed E-state index contributed by atoms with van der Waals surface area (Å²) in [6, 6.07) is -0.0698. The lowest BCUT2D eigenvalue weighted by Crippen LogP contribution is -2.48. The number of methoxy groups -OCH3 is 1. The molecule has 20 heavy (non-hydrogen) atoms. The molecule has 1 N–H and O–H groups in total. The first kappa shape index (κ1) is 18.7. The average molecular weight is 281 g/mol. The van der Waals surface area contributed by atoms with Gasteiger partial charge in [0.05, 0.1) is 18.1 Å². The van der Waals surface area contributed by atoms with E-state index in [0.29, 0.717) is 19.4 Å². The van der Waals surface area contributed by atoms with E-state index in [2.05, 4.69) is 17.8 Å². The largest absolute Gasteiger partial charge is 0.359 e. The molecule has 4 heteroatoms. The Bertz CT molecular complexity index is 346. The Hall–Kier alpha value is -1.31. The van der Waals surface area contributed by atoms with E-state index in [1.165, 1.54) is 0 Å². The van der Waals surface area contributed by atoms with Gasteiger partial charge in [-0.05, 0) is 19.3 Å². The molecule has 1 amide bonds. The molecule has 2 atom stereocenters. The number of amides is 1. The fraction of sp³-hybridized carbons (Fsp3) is 0.688. The lowest BCUT2D eigenvalue weighted by Gasteiger charge is -2.30. The number of carbonyl (C=O) groups is 1. The molecule has 0 heterocycles. The molecule has 0 aliphatic rings. The Labute approximate surface area is 122 Å². The third-order valence-electron chi connectivity index (χ3n) is 3.26. The summed E-state index contributed by atoms with van der Waals surface area (Å²) < 4.78 is 10.2. The highest BCUT2D eigenvalue weighted by atomic mass is 16.7. The molecule has 0 aromatic heterocycles. The molecule has 0 bridgehead atoms. The van der Waals surface area contributed by atoms with Crippen LogP contribution in [0.25, 0.3) is 0 Å². The van der Waals surface area contributed by atoms with Crippen molar-refractivity contribution in [3.05, 3.63) is 12.7 Å². The molecule has 0 rings (SSSR count). The number of carbonyl (C=O) groups excluding carboxylic acids is 1. The van der Waals surface area contributed by atoms with Gasteiger partial charge in [-0.3, -0.25) is 4.79 Å². The van der Waals surface area contributed by atoms with Crippen LogP contribution in [0.1, 0.15) is 33.6 Å². The smallest absolute Gasteiger partial charge is 0.227 e. The maximum Gasteiger partial charge on any atom is 0.227 e. The Morgan fingerprint density at radius 3 is 2.65 bits per heavy atom. The summed E-state index contributed by atoms with van der Waals surface area (Å²) >= 11 is 0. The normalized spacial score (nSPS) is 15.2. The zero-order valence-electron chi connectivity index (χ0n) is 13.1.